The Morgan fingerprint density at radius 1 is 1.09 bits per heavy atom. The van der Waals surface area contributed by atoms with Crippen molar-refractivity contribution in [3.63, 3.8) is 0 Å². The van der Waals surface area contributed by atoms with Gasteiger partial charge in [-0.2, -0.15) is 13.2 Å². The molecule has 1 amide bonds. The van der Waals surface area contributed by atoms with Crippen molar-refractivity contribution in [2.24, 2.45) is 11.3 Å². The molecule has 2 rings (SSSR count). The van der Waals surface area contributed by atoms with Crippen LogP contribution in [0.15, 0.2) is 24.3 Å². The van der Waals surface area contributed by atoms with Crippen LogP contribution < -0.4 is 0 Å². The van der Waals surface area contributed by atoms with E-state index in [4.69, 9.17) is 0 Å². The molecule has 0 unspecified atom stereocenters. The van der Waals surface area contributed by atoms with Gasteiger partial charge in [-0.25, -0.2) is 0 Å². The first-order valence-electron chi connectivity index (χ1n) is 7.56. The van der Waals surface area contributed by atoms with Gasteiger partial charge in [-0.15, -0.1) is 0 Å². The second-order valence-electron chi connectivity index (χ2n) is 6.98. The molecule has 22 heavy (non-hydrogen) atoms. The molecule has 0 radical (unpaired) electrons. The molecule has 1 heterocycles. The average Bonchev–Trinajstić information content (AvgIpc) is 2.45. The number of hydrogen-bond acceptors (Lipinski definition) is 1. The molecule has 0 aromatic heterocycles. The van der Waals surface area contributed by atoms with E-state index in [2.05, 4.69) is 20.8 Å². The predicted octanol–water partition coefficient (Wildman–Crippen LogP) is 4.60. The molecular weight excluding hydrogens is 291 g/mol. The van der Waals surface area contributed by atoms with E-state index in [0.717, 1.165) is 18.9 Å². The molecule has 1 saturated heterocycles. The molecule has 2 nitrogen and oxygen atoms in total. The standard InChI is InChI=1S/C17H22F3NO/c1-16(2,3)12-8-10-21(11-9-12)15(22)13-6-4-5-7-14(13)17(18,19)20/h4-7,12H,8-11H2,1-3H3. The number of halogens is 3. The Morgan fingerprint density at radius 2 is 1.64 bits per heavy atom. The Balaban J connectivity index is 2.15. The summed E-state index contributed by atoms with van der Waals surface area (Å²) in [6, 6.07) is 5.02. The van der Waals surface area contributed by atoms with Gasteiger partial charge in [0.1, 0.15) is 0 Å². The number of rotatable bonds is 1. The summed E-state index contributed by atoms with van der Waals surface area (Å²) in [5.74, 6) is -0.0188. The van der Waals surface area contributed by atoms with Crippen LogP contribution in [-0.4, -0.2) is 23.9 Å². The van der Waals surface area contributed by atoms with Crippen LogP contribution in [0, 0.1) is 11.3 Å². The predicted molar refractivity (Wildman–Crippen MR) is 79.5 cm³/mol. The van der Waals surface area contributed by atoms with Crippen LogP contribution in [0.4, 0.5) is 13.2 Å². The second kappa shape index (κ2) is 5.94. The van der Waals surface area contributed by atoms with Gasteiger partial charge in [0, 0.05) is 13.1 Å². The number of hydrogen-bond donors (Lipinski definition) is 0. The lowest BCUT2D eigenvalue weighted by molar-refractivity contribution is -0.138. The number of carbonyl (C=O) groups is 1. The quantitative estimate of drug-likeness (QED) is 0.742. The highest BCUT2D eigenvalue weighted by Crippen LogP contribution is 2.36. The van der Waals surface area contributed by atoms with Gasteiger partial charge in [-0.1, -0.05) is 32.9 Å². The Bertz CT molecular complexity index is 538. The largest absolute Gasteiger partial charge is 0.417 e. The molecule has 1 aliphatic heterocycles. The topological polar surface area (TPSA) is 20.3 Å². The van der Waals surface area contributed by atoms with E-state index >= 15 is 0 Å². The van der Waals surface area contributed by atoms with Gasteiger partial charge >= 0.3 is 6.18 Å². The van der Waals surface area contributed by atoms with Gasteiger partial charge in [0.05, 0.1) is 11.1 Å². The van der Waals surface area contributed by atoms with E-state index in [1.54, 1.807) is 4.90 Å². The van der Waals surface area contributed by atoms with E-state index in [-0.39, 0.29) is 11.0 Å². The highest BCUT2D eigenvalue weighted by atomic mass is 19.4. The number of amides is 1. The Kier molecular flexibility index (Phi) is 4.54. The van der Waals surface area contributed by atoms with Crippen molar-refractivity contribution >= 4 is 5.91 Å². The van der Waals surface area contributed by atoms with E-state index in [9.17, 15) is 18.0 Å². The first-order chi connectivity index (χ1) is 10.1. The van der Waals surface area contributed by atoms with Gasteiger partial charge in [-0.3, -0.25) is 4.79 Å². The molecule has 1 aromatic carbocycles. The Labute approximate surface area is 129 Å². The van der Waals surface area contributed by atoms with E-state index in [1.165, 1.54) is 18.2 Å². The molecule has 0 bridgehead atoms. The summed E-state index contributed by atoms with van der Waals surface area (Å²) in [6.45, 7) is 7.52. The van der Waals surface area contributed by atoms with Crippen molar-refractivity contribution in [2.75, 3.05) is 13.1 Å². The third-order valence-electron chi connectivity index (χ3n) is 4.47. The van der Waals surface area contributed by atoms with E-state index in [0.29, 0.717) is 19.0 Å². The molecule has 0 saturated carbocycles. The summed E-state index contributed by atoms with van der Waals surface area (Å²) in [6.07, 6.45) is -2.83. The van der Waals surface area contributed by atoms with Crippen molar-refractivity contribution in [1.82, 2.24) is 4.90 Å². The molecule has 0 aliphatic carbocycles. The second-order valence-corrected chi connectivity index (χ2v) is 6.98. The zero-order valence-electron chi connectivity index (χ0n) is 13.2. The molecule has 122 valence electrons. The van der Waals surface area contributed by atoms with Gasteiger partial charge in [0.2, 0.25) is 0 Å². The highest BCUT2D eigenvalue weighted by Gasteiger charge is 2.37. The summed E-state index contributed by atoms with van der Waals surface area (Å²) in [5, 5.41) is 0. The number of piperidine rings is 1. The van der Waals surface area contributed by atoms with Crippen LogP contribution >= 0.6 is 0 Å². The minimum absolute atomic E-state index is 0.166. The lowest BCUT2D eigenvalue weighted by atomic mass is 9.75. The fourth-order valence-electron chi connectivity index (χ4n) is 3.04. The summed E-state index contributed by atoms with van der Waals surface area (Å²) >= 11 is 0. The molecule has 0 N–H and O–H groups in total. The van der Waals surface area contributed by atoms with E-state index < -0.39 is 17.6 Å². The van der Waals surface area contributed by atoms with Crippen molar-refractivity contribution in [3.05, 3.63) is 35.4 Å². The van der Waals surface area contributed by atoms with Crippen LogP contribution in [0.3, 0.4) is 0 Å². The first kappa shape index (κ1) is 16.8. The maximum Gasteiger partial charge on any atom is 0.417 e. The van der Waals surface area contributed by atoms with Gasteiger partial charge in [-0.05, 0) is 36.3 Å². The van der Waals surface area contributed by atoms with E-state index in [1.807, 2.05) is 0 Å². The van der Waals surface area contributed by atoms with Crippen LogP contribution in [-0.2, 0) is 6.18 Å². The highest BCUT2D eigenvalue weighted by molar-refractivity contribution is 5.96. The Hall–Kier alpha value is -1.52. The van der Waals surface area contributed by atoms with Crippen molar-refractivity contribution in [3.8, 4) is 0 Å². The molecular formula is C17H22F3NO. The third-order valence-corrected chi connectivity index (χ3v) is 4.47. The average molecular weight is 313 g/mol. The normalized spacial score (nSPS) is 17.6. The van der Waals surface area contributed by atoms with Crippen LogP contribution in [0.2, 0.25) is 0 Å². The summed E-state index contributed by atoms with van der Waals surface area (Å²) in [5.41, 5.74) is -0.930. The summed E-state index contributed by atoms with van der Waals surface area (Å²) in [4.78, 5) is 14.0. The van der Waals surface area contributed by atoms with Gasteiger partial charge in [0.15, 0.2) is 0 Å². The SMILES string of the molecule is CC(C)(C)C1CCN(C(=O)c2ccccc2C(F)(F)F)CC1. The molecule has 0 atom stereocenters. The lowest BCUT2D eigenvalue weighted by Crippen LogP contribution is -2.41. The fraction of sp³-hybridized carbons (Fsp3) is 0.588. The fourth-order valence-corrected chi connectivity index (χ4v) is 3.04. The van der Waals surface area contributed by atoms with Crippen LogP contribution in [0.1, 0.15) is 49.5 Å². The van der Waals surface area contributed by atoms with Crippen molar-refractivity contribution in [1.29, 1.82) is 0 Å². The van der Waals surface area contributed by atoms with Crippen LogP contribution in [0.5, 0.6) is 0 Å². The maximum absolute atomic E-state index is 13.0. The summed E-state index contributed by atoms with van der Waals surface area (Å²) in [7, 11) is 0. The molecule has 1 aromatic rings. The lowest BCUT2D eigenvalue weighted by Gasteiger charge is -2.39. The molecule has 1 aliphatic rings. The number of carbonyl (C=O) groups excluding carboxylic acids is 1. The van der Waals surface area contributed by atoms with Crippen LogP contribution in [0.25, 0.3) is 0 Å². The van der Waals surface area contributed by atoms with Crippen molar-refractivity contribution < 1.29 is 18.0 Å². The number of benzene rings is 1. The molecule has 1 fully saturated rings. The number of likely N-dealkylation sites (tertiary alicyclic amines) is 1. The zero-order chi connectivity index (χ0) is 16.5. The maximum atomic E-state index is 13.0. The summed E-state index contributed by atoms with van der Waals surface area (Å²) < 4.78 is 39.1. The number of nitrogens with zero attached hydrogens (tertiary/aromatic N) is 1. The third kappa shape index (κ3) is 3.62. The molecule has 0 spiro atoms. The zero-order valence-corrected chi connectivity index (χ0v) is 13.2. The van der Waals surface area contributed by atoms with Crippen molar-refractivity contribution in [2.45, 2.75) is 39.8 Å². The van der Waals surface area contributed by atoms with Gasteiger partial charge in [0.25, 0.3) is 5.91 Å². The minimum Gasteiger partial charge on any atom is -0.339 e. The molecule has 5 heteroatoms. The first-order valence-corrected chi connectivity index (χ1v) is 7.56. The minimum atomic E-state index is -4.50. The van der Waals surface area contributed by atoms with Gasteiger partial charge < -0.3 is 4.90 Å². The number of alkyl halides is 3. The monoisotopic (exact) mass is 313 g/mol. The Morgan fingerprint density at radius 3 is 2.14 bits per heavy atom. The smallest absolute Gasteiger partial charge is 0.339 e.